The quantitative estimate of drug-likeness (QED) is 0.528. The number of fused-ring (bicyclic) bond motifs is 2. The van der Waals surface area contributed by atoms with E-state index >= 15 is 0 Å². The minimum absolute atomic E-state index is 0.0875. The summed E-state index contributed by atoms with van der Waals surface area (Å²) < 4.78 is 7.21. The number of benzene rings is 1. The third-order valence-electron chi connectivity index (χ3n) is 11.0. The summed E-state index contributed by atoms with van der Waals surface area (Å²) in [6.45, 7) is 2.37. The number of nitrogens with one attached hydrogen (secondary N) is 1. The van der Waals surface area contributed by atoms with Gasteiger partial charge in [-0.15, -0.1) is 0 Å². The number of aromatic nitrogens is 2. The van der Waals surface area contributed by atoms with Crippen molar-refractivity contribution in [2.75, 3.05) is 14.1 Å². The van der Waals surface area contributed by atoms with Crippen molar-refractivity contribution >= 4 is 16.5 Å². The van der Waals surface area contributed by atoms with E-state index in [1.807, 2.05) is 25.2 Å². The van der Waals surface area contributed by atoms with Crippen LogP contribution in [-0.2, 0) is 4.74 Å². The van der Waals surface area contributed by atoms with Crippen molar-refractivity contribution in [3.63, 3.8) is 0 Å². The summed E-state index contributed by atoms with van der Waals surface area (Å²) in [7, 11) is 3.92. The van der Waals surface area contributed by atoms with Crippen LogP contribution in [0.4, 0.5) is 0 Å². The summed E-state index contributed by atoms with van der Waals surface area (Å²) in [5.74, 6) is -0.0538. The summed E-state index contributed by atoms with van der Waals surface area (Å²) >= 11 is 0. The predicted octanol–water partition coefficient (Wildman–Crippen LogP) is 2.86. The van der Waals surface area contributed by atoms with E-state index < -0.39 is 29.0 Å². The third kappa shape index (κ3) is 2.66. The van der Waals surface area contributed by atoms with E-state index in [4.69, 9.17) is 4.74 Å². The zero-order valence-corrected chi connectivity index (χ0v) is 20.9. The molecule has 0 radical (unpaired) electrons. The van der Waals surface area contributed by atoms with Crippen LogP contribution in [0, 0.1) is 17.3 Å². The molecule has 1 aromatic heterocycles. The van der Waals surface area contributed by atoms with Crippen molar-refractivity contribution in [1.29, 1.82) is 0 Å². The largest absolute Gasteiger partial charge is 0.390 e. The highest BCUT2D eigenvalue weighted by molar-refractivity contribution is 5.84. The highest BCUT2D eigenvalue weighted by Crippen LogP contribution is 2.71. The van der Waals surface area contributed by atoms with Crippen molar-refractivity contribution in [3.05, 3.63) is 36.0 Å². The third-order valence-corrected chi connectivity index (χ3v) is 11.0. The number of hydrogen-bond donors (Lipinski definition) is 4. The number of ether oxygens (including phenoxy) is 1. The van der Waals surface area contributed by atoms with Crippen LogP contribution in [0.15, 0.2) is 30.5 Å². The van der Waals surface area contributed by atoms with Gasteiger partial charge in [-0.1, -0.05) is 19.1 Å². The van der Waals surface area contributed by atoms with E-state index in [0.717, 1.165) is 36.6 Å². The second-order valence-electron chi connectivity index (χ2n) is 12.6. The number of nitrogens with zero attached hydrogens (tertiary/aromatic N) is 2. The topological polar surface area (TPSA) is 102 Å². The zero-order valence-electron chi connectivity index (χ0n) is 20.9. The molecule has 35 heavy (non-hydrogen) atoms. The molecule has 3 unspecified atom stereocenters. The zero-order chi connectivity index (χ0) is 24.4. The van der Waals surface area contributed by atoms with Crippen LogP contribution >= 0.6 is 0 Å². The van der Waals surface area contributed by atoms with Crippen LogP contribution in [0.1, 0.15) is 57.4 Å². The van der Waals surface area contributed by atoms with Gasteiger partial charge in [0.1, 0.15) is 5.60 Å². The van der Waals surface area contributed by atoms with Crippen LogP contribution in [0.25, 0.3) is 16.5 Å². The highest BCUT2D eigenvalue weighted by atomic mass is 16.6. The Morgan fingerprint density at radius 1 is 1.09 bits per heavy atom. The lowest BCUT2D eigenvalue weighted by molar-refractivity contribution is -0.331. The minimum Gasteiger partial charge on any atom is -0.390 e. The number of likely N-dealkylation sites (N-methyl/N-ethyl adjacent to an activating group) is 1. The van der Waals surface area contributed by atoms with Gasteiger partial charge in [-0.2, -0.15) is 5.10 Å². The van der Waals surface area contributed by atoms with Gasteiger partial charge in [0.05, 0.1) is 35.1 Å². The summed E-state index contributed by atoms with van der Waals surface area (Å²) in [6.07, 6.45) is 7.82. The lowest BCUT2D eigenvalue weighted by atomic mass is 9.51. The molecule has 9 atom stereocenters. The van der Waals surface area contributed by atoms with Crippen LogP contribution in [-0.4, -0.2) is 79.6 Å². The van der Waals surface area contributed by atoms with E-state index in [9.17, 15) is 15.3 Å². The number of hydrogen-bond acceptors (Lipinski definition) is 6. The van der Waals surface area contributed by atoms with Crippen LogP contribution < -0.4 is 0 Å². The molecule has 7 rings (SSSR count). The first-order valence-corrected chi connectivity index (χ1v) is 13.2. The number of allylic oxidation sites excluding steroid dienone is 2. The molecular weight excluding hydrogens is 442 g/mol. The average Bonchev–Trinajstić information content (AvgIpc) is 3.52. The standard InChI is InChI=1S/C28H37N3O4/c1-25-8-10-27(34)13-19-23(32)24(33)21(31(2)3)14-26(19)9-11-28(27,35-26)22(25)7-5-18(25)16-4-6-20-17(12-16)15-29-30-20/h4-6,12,15,19,21-24,32-34H,7-11,13-14H2,1-3H3,(H,29,30)/t19?,21-,22?,23+,24+,25+,26+,27?,28-/m0/s1. The molecule has 2 saturated heterocycles. The molecule has 2 bridgehead atoms. The van der Waals surface area contributed by atoms with Gasteiger partial charge in [0.2, 0.25) is 0 Å². The van der Waals surface area contributed by atoms with Crippen LogP contribution in [0.5, 0.6) is 0 Å². The van der Waals surface area contributed by atoms with Crippen molar-refractivity contribution in [2.45, 2.75) is 86.9 Å². The van der Waals surface area contributed by atoms with E-state index in [1.165, 1.54) is 11.1 Å². The fourth-order valence-corrected chi connectivity index (χ4v) is 9.17. The second kappa shape index (κ2) is 6.95. The van der Waals surface area contributed by atoms with Gasteiger partial charge in [0.25, 0.3) is 0 Å². The van der Waals surface area contributed by atoms with E-state index in [1.54, 1.807) is 0 Å². The van der Waals surface area contributed by atoms with Gasteiger partial charge in [0.15, 0.2) is 0 Å². The van der Waals surface area contributed by atoms with Crippen LogP contribution in [0.3, 0.4) is 0 Å². The van der Waals surface area contributed by atoms with Gasteiger partial charge in [-0.3, -0.25) is 5.10 Å². The molecule has 4 fully saturated rings. The van der Waals surface area contributed by atoms with Gasteiger partial charge in [-0.05, 0) is 87.7 Å². The molecule has 1 aromatic carbocycles. The van der Waals surface area contributed by atoms with Gasteiger partial charge in [-0.25, -0.2) is 0 Å². The fraction of sp³-hybridized carbons (Fsp3) is 0.679. The molecule has 0 amide bonds. The maximum Gasteiger partial charge on any atom is 0.102 e. The summed E-state index contributed by atoms with van der Waals surface area (Å²) in [4.78, 5) is 2.01. The molecular formula is C28H37N3O4. The molecule has 188 valence electrons. The van der Waals surface area contributed by atoms with Gasteiger partial charge < -0.3 is 25.0 Å². The maximum atomic E-state index is 12.3. The van der Waals surface area contributed by atoms with Crippen LogP contribution in [0.2, 0.25) is 0 Å². The van der Waals surface area contributed by atoms with Crippen molar-refractivity contribution in [1.82, 2.24) is 15.1 Å². The number of H-pyrrole nitrogens is 1. The molecule has 7 nitrogen and oxygen atoms in total. The molecule has 2 aromatic rings. The summed E-state index contributed by atoms with van der Waals surface area (Å²) in [6, 6.07) is 6.36. The average molecular weight is 480 g/mol. The first kappa shape index (κ1) is 22.4. The molecule has 2 saturated carbocycles. The van der Waals surface area contributed by atoms with Gasteiger partial charge >= 0.3 is 0 Å². The number of rotatable bonds is 2. The first-order chi connectivity index (χ1) is 16.6. The Morgan fingerprint density at radius 2 is 1.91 bits per heavy atom. The molecule has 2 aliphatic heterocycles. The Morgan fingerprint density at radius 3 is 2.71 bits per heavy atom. The lowest BCUT2D eigenvalue weighted by Crippen LogP contribution is -2.73. The number of aliphatic hydroxyl groups is 3. The maximum absolute atomic E-state index is 12.3. The van der Waals surface area contributed by atoms with E-state index in [-0.39, 0.29) is 23.3 Å². The number of aliphatic hydroxyl groups excluding tert-OH is 2. The molecule has 5 aliphatic rings. The molecule has 3 heterocycles. The molecule has 4 N–H and O–H groups in total. The normalized spacial score (nSPS) is 48.5. The van der Waals surface area contributed by atoms with Crippen molar-refractivity contribution in [3.8, 4) is 0 Å². The Hall–Kier alpha value is -1.77. The Balaban J connectivity index is 1.28. The lowest BCUT2D eigenvalue weighted by Gasteiger charge is -2.65. The SMILES string of the molecule is CN(C)[C@H]1C[C@@]23CC[C@]4(O2)C2CC=C(c5ccc6[nH]ncc6c5)[C@@]2(C)CCC4(O)CC3[C@@H](O)[C@@H]1O. The Labute approximate surface area is 206 Å². The predicted molar refractivity (Wildman–Crippen MR) is 132 cm³/mol. The molecule has 7 heteroatoms. The number of aromatic amines is 1. The first-order valence-electron chi connectivity index (χ1n) is 13.2. The monoisotopic (exact) mass is 479 g/mol. The summed E-state index contributed by atoms with van der Waals surface area (Å²) in [5.41, 5.74) is 1.46. The fourth-order valence-electron chi connectivity index (χ4n) is 9.17. The van der Waals surface area contributed by atoms with Gasteiger partial charge in [0, 0.05) is 23.3 Å². The smallest absolute Gasteiger partial charge is 0.102 e. The Kier molecular flexibility index (Phi) is 4.46. The Bertz CT molecular complexity index is 1230. The van der Waals surface area contributed by atoms with E-state index in [0.29, 0.717) is 19.3 Å². The van der Waals surface area contributed by atoms with Crippen molar-refractivity contribution < 1.29 is 20.1 Å². The molecule has 2 spiro atoms. The minimum atomic E-state index is -0.981. The van der Waals surface area contributed by atoms with E-state index in [2.05, 4.69) is 41.4 Å². The highest BCUT2D eigenvalue weighted by Gasteiger charge is 2.76. The summed E-state index contributed by atoms with van der Waals surface area (Å²) in [5, 5.41) is 42.7. The van der Waals surface area contributed by atoms with Crippen molar-refractivity contribution in [2.24, 2.45) is 17.3 Å². The second-order valence-corrected chi connectivity index (χ2v) is 12.6. The molecule has 3 aliphatic carbocycles.